The smallest absolute Gasteiger partial charge is 0.244 e. The molecule has 0 aliphatic carbocycles. The van der Waals surface area contributed by atoms with E-state index < -0.39 is 10.0 Å². The van der Waals surface area contributed by atoms with E-state index in [0.717, 1.165) is 19.4 Å². The van der Waals surface area contributed by atoms with E-state index in [9.17, 15) is 8.42 Å². The fourth-order valence-corrected chi connectivity index (χ4v) is 3.18. The van der Waals surface area contributed by atoms with Crippen LogP contribution in [-0.4, -0.2) is 43.9 Å². The Kier molecular flexibility index (Phi) is 3.76. The predicted octanol–water partition coefficient (Wildman–Crippen LogP) is 0.454. The van der Waals surface area contributed by atoms with Gasteiger partial charge in [-0.05, 0) is 31.5 Å². The van der Waals surface area contributed by atoms with Crippen molar-refractivity contribution in [2.45, 2.75) is 23.8 Å². The fourth-order valence-electron chi connectivity index (χ4n) is 2.00. The van der Waals surface area contributed by atoms with Gasteiger partial charge in [0, 0.05) is 32.0 Å². The summed E-state index contributed by atoms with van der Waals surface area (Å²) < 4.78 is 25.8. The zero-order valence-corrected chi connectivity index (χ0v) is 10.7. The Morgan fingerprint density at radius 2 is 2.41 bits per heavy atom. The molecule has 6 heteroatoms. The van der Waals surface area contributed by atoms with Gasteiger partial charge >= 0.3 is 0 Å². The Morgan fingerprint density at radius 1 is 1.59 bits per heavy atom. The minimum Gasteiger partial charge on any atom is -0.313 e. The summed E-state index contributed by atoms with van der Waals surface area (Å²) in [4.78, 5) is 4.09. The third-order valence-corrected chi connectivity index (χ3v) is 4.79. The summed E-state index contributed by atoms with van der Waals surface area (Å²) in [6.07, 6.45) is 5.10. The van der Waals surface area contributed by atoms with Crippen LogP contribution in [0.25, 0.3) is 0 Å². The first kappa shape index (κ1) is 12.5. The monoisotopic (exact) mass is 255 g/mol. The number of pyridine rings is 1. The number of nitrogens with one attached hydrogen (secondary N) is 1. The molecule has 0 spiro atoms. The minimum atomic E-state index is -3.40. The molecule has 1 unspecified atom stereocenters. The average molecular weight is 255 g/mol. The Bertz CT molecular complexity index is 455. The van der Waals surface area contributed by atoms with Crippen LogP contribution in [0.2, 0.25) is 0 Å². The van der Waals surface area contributed by atoms with E-state index in [4.69, 9.17) is 0 Å². The molecule has 0 radical (unpaired) electrons. The number of hydrogen-bond donors (Lipinski definition) is 1. The van der Waals surface area contributed by atoms with Gasteiger partial charge in [-0.1, -0.05) is 0 Å². The van der Waals surface area contributed by atoms with Crippen LogP contribution in [-0.2, 0) is 10.0 Å². The maximum Gasteiger partial charge on any atom is 0.244 e. The molecule has 1 fully saturated rings. The van der Waals surface area contributed by atoms with Crippen molar-refractivity contribution in [3.63, 3.8) is 0 Å². The molecule has 1 N–H and O–H groups in total. The van der Waals surface area contributed by atoms with Crippen LogP contribution in [0, 0.1) is 0 Å². The molecule has 17 heavy (non-hydrogen) atoms. The van der Waals surface area contributed by atoms with Crippen LogP contribution in [0.3, 0.4) is 0 Å². The van der Waals surface area contributed by atoms with Gasteiger partial charge in [0.2, 0.25) is 10.0 Å². The summed E-state index contributed by atoms with van der Waals surface area (Å²) in [7, 11) is -1.78. The Labute approximate surface area is 102 Å². The zero-order chi connectivity index (χ0) is 12.3. The number of aromatic nitrogens is 1. The van der Waals surface area contributed by atoms with Gasteiger partial charge in [-0.15, -0.1) is 0 Å². The lowest BCUT2D eigenvalue weighted by atomic mass is 10.2. The first-order chi connectivity index (χ1) is 8.10. The topological polar surface area (TPSA) is 62.3 Å². The lowest BCUT2D eigenvalue weighted by Gasteiger charge is -2.20. The fraction of sp³-hybridized carbons (Fsp3) is 0.545. The molecule has 1 aromatic heterocycles. The molecule has 1 aliphatic heterocycles. The lowest BCUT2D eigenvalue weighted by molar-refractivity contribution is 0.417. The van der Waals surface area contributed by atoms with Gasteiger partial charge in [-0.3, -0.25) is 4.98 Å². The molecule has 1 saturated heterocycles. The van der Waals surface area contributed by atoms with Gasteiger partial charge in [-0.2, -0.15) is 4.31 Å². The van der Waals surface area contributed by atoms with Crippen molar-refractivity contribution < 1.29 is 8.42 Å². The summed E-state index contributed by atoms with van der Waals surface area (Å²) in [6.45, 7) is 1.49. The number of likely N-dealkylation sites (N-methyl/N-ethyl adjacent to an activating group) is 1. The SMILES string of the molecule is CN(CC1CCCN1)S(=O)(=O)c1cccnc1. The molecule has 0 saturated carbocycles. The van der Waals surface area contributed by atoms with Crippen LogP contribution in [0.15, 0.2) is 29.4 Å². The standard InChI is InChI=1S/C11H17N3O2S/c1-14(9-10-4-2-7-13-10)17(15,16)11-5-3-6-12-8-11/h3,5-6,8,10,13H,2,4,7,9H2,1H3. The Hall–Kier alpha value is -0.980. The molecular formula is C11H17N3O2S. The van der Waals surface area contributed by atoms with E-state index in [-0.39, 0.29) is 10.9 Å². The van der Waals surface area contributed by atoms with Crippen LogP contribution >= 0.6 is 0 Å². The molecule has 1 atom stereocenters. The number of rotatable bonds is 4. The van der Waals surface area contributed by atoms with E-state index >= 15 is 0 Å². The van der Waals surface area contributed by atoms with Crippen molar-refractivity contribution in [1.82, 2.24) is 14.6 Å². The first-order valence-corrected chi connectivity index (χ1v) is 7.14. The number of nitrogens with zero attached hydrogens (tertiary/aromatic N) is 2. The average Bonchev–Trinajstić information content (AvgIpc) is 2.83. The van der Waals surface area contributed by atoms with Crippen LogP contribution in [0.5, 0.6) is 0 Å². The van der Waals surface area contributed by atoms with Gasteiger partial charge in [0.25, 0.3) is 0 Å². The zero-order valence-electron chi connectivity index (χ0n) is 9.83. The van der Waals surface area contributed by atoms with Gasteiger partial charge in [0.15, 0.2) is 0 Å². The molecule has 2 heterocycles. The predicted molar refractivity (Wildman–Crippen MR) is 65.1 cm³/mol. The molecule has 0 aromatic carbocycles. The number of hydrogen-bond acceptors (Lipinski definition) is 4. The van der Waals surface area contributed by atoms with Crippen LogP contribution < -0.4 is 5.32 Å². The highest BCUT2D eigenvalue weighted by atomic mass is 32.2. The van der Waals surface area contributed by atoms with Crippen LogP contribution in [0.1, 0.15) is 12.8 Å². The van der Waals surface area contributed by atoms with Gasteiger partial charge in [0.1, 0.15) is 4.90 Å². The second kappa shape index (κ2) is 5.12. The highest BCUT2D eigenvalue weighted by Crippen LogP contribution is 2.14. The van der Waals surface area contributed by atoms with Crippen molar-refractivity contribution in [3.8, 4) is 0 Å². The molecule has 0 amide bonds. The van der Waals surface area contributed by atoms with Crippen molar-refractivity contribution in [3.05, 3.63) is 24.5 Å². The normalized spacial score (nSPS) is 20.9. The largest absolute Gasteiger partial charge is 0.313 e. The van der Waals surface area contributed by atoms with Crippen molar-refractivity contribution in [2.75, 3.05) is 20.1 Å². The highest BCUT2D eigenvalue weighted by molar-refractivity contribution is 7.89. The van der Waals surface area contributed by atoms with E-state index in [0.29, 0.717) is 6.54 Å². The maximum absolute atomic E-state index is 12.2. The van der Waals surface area contributed by atoms with Crippen molar-refractivity contribution >= 4 is 10.0 Å². The third-order valence-electron chi connectivity index (χ3n) is 2.98. The summed E-state index contributed by atoms with van der Waals surface area (Å²) in [6, 6.07) is 3.47. The van der Waals surface area contributed by atoms with E-state index in [1.807, 2.05) is 0 Å². The summed E-state index contributed by atoms with van der Waals surface area (Å²) >= 11 is 0. The van der Waals surface area contributed by atoms with Crippen molar-refractivity contribution in [2.24, 2.45) is 0 Å². The van der Waals surface area contributed by atoms with Gasteiger partial charge in [-0.25, -0.2) is 8.42 Å². The molecule has 5 nitrogen and oxygen atoms in total. The molecule has 1 aliphatic rings. The minimum absolute atomic E-state index is 0.250. The summed E-state index contributed by atoms with van der Waals surface area (Å²) in [5, 5.41) is 3.29. The summed E-state index contributed by atoms with van der Waals surface area (Å²) in [5.41, 5.74) is 0. The maximum atomic E-state index is 12.2. The van der Waals surface area contributed by atoms with E-state index in [1.165, 1.54) is 10.5 Å². The van der Waals surface area contributed by atoms with Gasteiger partial charge in [0.05, 0.1) is 0 Å². The second-order valence-corrected chi connectivity index (χ2v) is 6.31. The molecule has 0 bridgehead atoms. The molecule has 1 aromatic rings. The Balaban J connectivity index is 2.09. The molecule has 94 valence electrons. The molecular weight excluding hydrogens is 238 g/mol. The lowest BCUT2D eigenvalue weighted by Crippen LogP contribution is -2.38. The third kappa shape index (κ3) is 2.83. The Morgan fingerprint density at radius 3 is 3.00 bits per heavy atom. The number of sulfonamides is 1. The second-order valence-electron chi connectivity index (χ2n) is 4.27. The van der Waals surface area contributed by atoms with Gasteiger partial charge < -0.3 is 5.32 Å². The highest BCUT2D eigenvalue weighted by Gasteiger charge is 2.25. The quantitative estimate of drug-likeness (QED) is 0.848. The van der Waals surface area contributed by atoms with E-state index in [2.05, 4.69) is 10.3 Å². The molecule has 2 rings (SSSR count). The summed E-state index contributed by atoms with van der Waals surface area (Å²) in [5.74, 6) is 0. The van der Waals surface area contributed by atoms with E-state index in [1.54, 1.807) is 25.4 Å². The van der Waals surface area contributed by atoms with Crippen molar-refractivity contribution in [1.29, 1.82) is 0 Å². The first-order valence-electron chi connectivity index (χ1n) is 5.70. The van der Waals surface area contributed by atoms with Crippen LogP contribution in [0.4, 0.5) is 0 Å².